The largest absolute Gasteiger partial charge is 0.493 e. The van der Waals surface area contributed by atoms with Crippen molar-refractivity contribution >= 4 is 5.91 Å². The van der Waals surface area contributed by atoms with Gasteiger partial charge in [0.1, 0.15) is 0 Å². The number of rotatable bonds is 6. The summed E-state index contributed by atoms with van der Waals surface area (Å²) in [6, 6.07) is 4.22. The van der Waals surface area contributed by atoms with Crippen LogP contribution in [0, 0.1) is 5.92 Å². The summed E-state index contributed by atoms with van der Waals surface area (Å²) in [6.07, 6.45) is 2.16. The molecule has 0 saturated carbocycles. The van der Waals surface area contributed by atoms with Crippen molar-refractivity contribution in [1.82, 2.24) is 10.6 Å². The second-order valence-corrected chi connectivity index (χ2v) is 5.17. The average Bonchev–Trinajstić information content (AvgIpc) is 2.53. The predicted octanol–water partition coefficient (Wildman–Crippen LogP) is 2.03. The zero-order chi connectivity index (χ0) is 15.9. The van der Waals surface area contributed by atoms with Crippen LogP contribution in [0.2, 0.25) is 0 Å². The lowest BCUT2D eigenvalue weighted by atomic mass is 9.99. The van der Waals surface area contributed by atoms with Crippen molar-refractivity contribution in [2.45, 2.75) is 19.5 Å². The molecular formula is C15H20F2N2O3. The summed E-state index contributed by atoms with van der Waals surface area (Å²) in [4.78, 5) is 12.1. The summed E-state index contributed by atoms with van der Waals surface area (Å²) in [7, 11) is 1.35. The standard InChI is InChI=1S/C15H20F2N2O3/c1-21-12-5-4-11(7-13(12)22-15(16)17)14(20)19-9-10-3-2-6-18-8-10/h4-5,7,10,15,18H,2-3,6,8-9H2,1H3,(H,19,20). The van der Waals surface area contributed by atoms with Crippen LogP contribution >= 0.6 is 0 Å². The molecule has 1 aromatic rings. The molecule has 1 aliphatic rings. The van der Waals surface area contributed by atoms with Crippen LogP contribution in [-0.2, 0) is 0 Å². The quantitative estimate of drug-likeness (QED) is 0.843. The molecule has 1 unspecified atom stereocenters. The highest BCUT2D eigenvalue weighted by atomic mass is 19.3. The molecule has 1 atom stereocenters. The Balaban J connectivity index is 1.99. The highest BCUT2D eigenvalue weighted by Crippen LogP contribution is 2.29. The lowest BCUT2D eigenvalue weighted by molar-refractivity contribution is -0.0512. The zero-order valence-electron chi connectivity index (χ0n) is 12.4. The van der Waals surface area contributed by atoms with Gasteiger partial charge in [-0.05, 0) is 50.0 Å². The van der Waals surface area contributed by atoms with Crippen LogP contribution in [0.25, 0.3) is 0 Å². The number of alkyl halides is 2. The maximum atomic E-state index is 12.4. The summed E-state index contributed by atoms with van der Waals surface area (Å²) in [5.41, 5.74) is 0.264. The van der Waals surface area contributed by atoms with Crippen molar-refractivity contribution in [2.24, 2.45) is 5.92 Å². The molecule has 5 nitrogen and oxygen atoms in total. The molecule has 1 aliphatic heterocycles. The molecule has 7 heteroatoms. The molecular weight excluding hydrogens is 294 g/mol. The molecule has 1 aromatic carbocycles. The van der Waals surface area contributed by atoms with Crippen LogP contribution in [-0.4, -0.2) is 39.3 Å². The first-order valence-corrected chi connectivity index (χ1v) is 7.22. The number of carbonyl (C=O) groups is 1. The van der Waals surface area contributed by atoms with Gasteiger partial charge in [0.2, 0.25) is 0 Å². The lowest BCUT2D eigenvalue weighted by Gasteiger charge is -2.22. The summed E-state index contributed by atoms with van der Waals surface area (Å²) < 4.78 is 34.1. The van der Waals surface area contributed by atoms with Crippen LogP contribution in [0.15, 0.2) is 18.2 Å². The molecule has 22 heavy (non-hydrogen) atoms. The second kappa shape index (κ2) is 7.93. The Morgan fingerprint density at radius 1 is 1.45 bits per heavy atom. The molecule has 0 bridgehead atoms. The van der Waals surface area contributed by atoms with E-state index < -0.39 is 6.61 Å². The minimum absolute atomic E-state index is 0.149. The summed E-state index contributed by atoms with van der Waals surface area (Å²) in [6.45, 7) is -0.525. The average molecular weight is 314 g/mol. The van der Waals surface area contributed by atoms with E-state index in [9.17, 15) is 13.6 Å². The van der Waals surface area contributed by atoms with Crippen molar-refractivity contribution in [3.63, 3.8) is 0 Å². The molecule has 0 radical (unpaired) electrons. The molecule has 1 fully saturated rings. The van der Waals surface area contributed by atoms with E-state index in [0.717, 1.165) is 25.9 Å². The molecule has 1 amide bonds. The number of ether oxygens (including phenoxy) is 2. The van der Waals surface area contributed by atoms with Gasteiger partial charge in [-0.2, -0.15) is 8.78 Å². The van der Waals surface area contributed by atoms with Crippen molar-refractivity contribution < 1.29 is 23.0 Å². The fraction of sp³-hybridized carbons (Fsp3) is 0.533. The van der Waals surface area contributed by atoms with E-state index in [-0.39, 0.29) is 23.0 Å². The number of amides is 1. The Morgan fingerprint density at radius 2 is 2.27 bits per heavy atom. The Bertz CT molecular complexity index is 506. The molecule has 0 spiro atoms. The summed E-state index contributed by atoms with van der Waals surface area (Å²) >= 11 is 0. The van der Waals surface area contributed by atoms with Gasteiger partial charge in [0.05, 0.1) is 7.11 Å². The number of piperidine rings is 1. The van der Waals surface area contributed by atoms with Gasteiger partial charge in [-0.1, -0.05) is 0 Å². The number of methoxy groups -OCH3 is 1. The molecule has 2 N–H and O–H groups in total. The summed E-state index contributed by atoms with van der Waals surface area (Å²) in [5.74, 6) is 0.0953. The fourth-order valence-corrected chi connectivity index (χ4v) is 2.44. The zero-order valence-corrected chi connectivity index (χ0v) is 12.4. The normalized spacial score (nSPS) is 18.1. The third kappa shape index (κ3) is 4.56. The highest BCUT2D eigenvalue weighted by Gasteiger charge is 2.17. The van der Waals surface area contributed by atoms with E-state index in [4.69, 9.17) is 4.74 Å². The Hall–Kier alpha value is -1.89. The first-order valence-electron chi connectivity index (χ1n) is 7.22. The lowest BCUT2D eigenvalue weighted by Crippen LogP contribution is -2.38. The third-order valence-electron chi connectivity index (χ3n) is 3.59. The van der Waals surface area contributed by atoms with Gasteiger partial charge < -0.3 is 20.1 Å². The molecule has 2 rings (SSSR count). The van der Waals surface area contributed by atoms with Crippen molar-refractivity contribution in [1.29, 1.82) is 0 Å². The van der Waals surface area contributed by atoms with E-state index in [2.05, 4.69) is 15.4 Å². The van der Waals surface area contributed by atoms with Gasteiger partial charge in [-0.15, -0.1) is 0 Å². The van der Waals surface area contributed by atoms with Crippen LogP contribution in [0.1, 0.15) is 23.2 Å². The Labute approximate surface area is 128 Å². The number of carbonyl (C=O) groups excluding carboxylic acids is 1. The van der Waals surface area contributed by atoms with Crippen LogP contribution < -0.4 is 20.1 Å². The van der Waals surface area contributed by atoms with E-state index in [1.54, 1.807) is 0 Å². The first kappa shape index (κ1) is 16.5. The van der Waals surface area contributed by atoms with Gasteiger partial charge >= 0.3 is 6.61 Å². The number of benzene rings is 1. The van der Waals surface area contributed by atoms with E-state index in [0.29, 0.717) is 12.5 Å². The van der Waals surface area contributed by atoms with Gasteiger partial charge in [-0.3, -0.25) is 4.79 Å². The van der Waals surface area contributed by atoms with Crippen LogP contribution in [0.4, 0.5) is 8.78 Å². The molecule has 1 heterocycles. The first-order chi connectivity index (χ1) is 10.6. The van der Waals surface area contributed by atoms with E-state index in [1.807, 2.05) is 0 Å². The fourth-order valence-electron chi connectivity index (χ4n) is 2.44. The maximum absolute atomic E-state index is 12.4. The highest BCUT2D eigenvalue weighted by molar-refractivity contribution is 5.94. The topological polar surface area (TPSA) is 59.6 Å². The van der Waals surface area contributed by atoms with Crippen molar-refractivity contribution in [3.05, 3.63) is 23.8 Å². The Kier molecular flexibility index (Phi) is 5.94. The number of hydrogen-bond donors (Lipinski definition) is 2. The number of hydrogen-bond acceptors (Lipinski definition) is 4. The summed E-state index contributed by atoms with van der Waals surface area (Å²) in [5, 5.41) is 6.10. The smallest absolute Gasteiger partial charge is 0.387 e. The molecule has 0 aromatic heterocycles. The maximum Gasteiger partial charge on any atom is 0.387 e. The van der Waals surface area contributed by atoms with Gasteiger partial charge in [0.25, 0.3) is 5.91 Å². The Morgan fingerprint density at radius 3 is 2.91 bits per heavy atom. The number of nitrogens with one attached hydrogen (secondary N) is 2. The van der Waals surface area contributed by atoms with Crippen molar-refractivity contribution in [3.8, 4) is 11.5 Å². The minimum atomic E-state index is -2.97. The van der Waals surface area contributed by atoms with Gasteiger partial charge in [0, 0.05) is 12.1 Å². The predicted molar refractivity (Wildman–Crippen MR) is 77.6 cm³/mol. The van der Waals surface area contributed by atoms with Gasteiger partial charge in [0.15, 0.2) is 11.5 Å². The van der Waals surface area contributed by atoms with E-state index in [1.165, 1.54) is 25.3 Å². The van der Waals surface area contributed by atoms with Crippen LogP contribution in [0.5, 0.6) is 11.5 Å². The molecule has 0 aliphatic carbocycles. The van der Waals surface area contributed by atoms with Crippen LogP contribution in [0.3, 0.4) is 0 Å². The molecule has 122 valence electrons. The molecule has 1 saturated heterocycles. The minimum Gasteiger partial charge on any atom is -0.493 e. The third-order valence-corrected chi connectivity index (χ3v) is 3.59. The van der Waals surface area contributed by atoms with E-state index >= 15 is 0 Å². The number of halogens is 2. The monoisotopic (exact) mass is 314 g/mol. The second-order valence-electron chi connectivity index (χ2n) is 5.17. The SMILES string of the molecule is COc1ccc(C(=O)NCC2CCCNC2)cc1OC(F)F. The van der Waals surface area contributed by atoms with Gasteiger partial charge in [-0.25, -0.2) is 0 Å². The van der Waals surface area contributed by atoms with Crippen molar-refractivity contribution in [2.75, 3.05) is 26.7 Å².